The Morgan fingerprint density at radius 1 is 0.968 bits per heavy atom. The Morgan fingerprint density at radius 3 is 2.48 bits per heavy atom. The van der Waals surface area contributed by atoms with E-state index < -0.39 is 0 Å². The van der Waals surface area contributed by atoms with Gasteiger partial charge in [0, 0.05) is 11.8 Å². The fourth-order valence-electron chi connectivity index (χ4n) is 5.02. The lowest BCUT2D eigenvalue weighted by Crippen LogP contribution is -2.44. The number of methoxy groups -OCH3 is 1. The highest BCUT2D eigenvalue weighted by Crippen LogP contribution is 2.30. The van der Waals surface area contributed by atoms with E-state index in [4.69, 9.17) is 19.2 Å². The molecule has 4 atom stereocenters. The molecule has 2 N–H and O–H groups in total. The van der Waals surface area contributed by atoms with Crippen LogP contribution in [-0.4, -0.2) is 61.1 Å². The zero-order chi connectivity index (χ0) is 21.0. The molecule has 0 radical (unpaired) electrons. The van der Waals surface area contributed by atoms with Crippen LogP contribution in [0.25, 0.3) is 11.3 Å². The molecule has 5 rings (SSSR count). The number of hydrogen-bond acceptors (Lipinski definition) is 7. The van der Waals surface area contributed by atoms with E-state index in [2.05, 4.69) is 15.6 Å². The largest absolute Gasteiger partial charge is 0.497 e. The van der Waals surface area contributed by atoms with Crippen LogP contribution in [0.2, 0.25) is 0 Å². The zero-order valence-corrected chi connectivity index (χ0v) is 18.1. The van der Waals surface area contributed by atoms with Crippen LogP contribution in [0.4, 0.5) is 5.95 Å². The van der Waals surface area contributed by atoms with Crippen molar-refractivity contribution in [2.75, 3.05) is 32.2 Å². The van der Waals surface area contributed by atoms with E-state index in [1.54, 1.807) is 13.3 Å². The van der Waals surface area contributed by atoms with E-state index in [9.17, 15) is 0 Å². The van der Waals surface area contributed by atoms with Crippen molar-refractivity contribution in [3.8, 4) is 17.0 Å². The quantitative estimate of drug-likeness (QED) is 0.706. The third kappa shape index (κ3) is 4.68. The van der Waals surface area contributed by atoms with E-state index in [-0.39, 0.29) is 24.3 Å². The molecule has 0 amide bonds. The Hall–Kier alpha value is -2.22. The number of ether oxygens (including phenoxy) is 3. The number of aromatic nitrogens is 2. The van der Waals surface area contributed by atoms with Gasteiger partial charge in [-0.05, 0) is 55.6 Å². The van der Waals surface area contributed by atoms with Crippen LogP contribution in [0, 0.1) is 5.92 Å². The molecule has 0 spiro atoms. The summed E-state index contributed by atoms with van der Waals surface area (Å²) in [6, 6.07) is 10.1. The van der Waals surface area contributed by atoms with Crippen molar-refractivity contribution in [1.82, 2.24) is 15.3 Å². The highest BCUT2D eigenvalue weighted by molar-refractivity contribution is 5.61. The Balaban J connectivity index is 1.18. The van der Waals surface area contributed by atoms with Gasteiger partial charge >= 0.3 is 0 Å². The third-order valence-electron chi connectivity index (χ3n) is 6.80. The lowest BCUT2D eigenvalue weighted by Gasteiger charge is -2.25. The molecule has 7 heteroatoms. The first-order valence-electron chi connectivity index (χ1n) is 11.5. The molecule has 3 fully saturated rings. The van der Waals surface area contributed by atoms with Crippen molar-refractivity contribution in [3.63, 3.8) is 0 Å². The molecule has 2 aromatic rings. The van der Waals surface area contributed by atoms with Crippen molar-refractivity contribution in [2.45, 2.75) is 56.4 Å². The van der Waals surface area contributed by atoms with E-state index in [0.29, 0.717) is 19.2 Å². The SMILES string of the molecule is COc1ccc(-c2ccnc(N[C@H]3CO[C@H]4[C@@H]3OC[C@@H]4NCC3CCCCC3)n2)cc1. The molecule has 0 bridgehead atoms. The summed E-state index contributed by atoms with van der Waals surface area (Å²) in [6.07, 6.45) is 8.74. The minimum atomic E-state index is 0.0251. The van der Waals surface area contributed by atoms with Gasteiger partial charge in [0.2, 0.25) is 5.95 Å². The maximum atomic E-state index is 6.14. The smallest absolute Gasteiger partial charge is 0.223 e. The minimum absolute atomic E-state index is 0.0251. The fraction of sp³-hybridized carbons (Fsp3) is 0.583. The highest BCUT2D eigenvalue weighted by Gasteiger charge is 2.47. The summed E-state index contributed by atoms with van der Waals surface area (Å²) < 4.78 is 17.5. The number of benzene rings is 1. The molecule has 166 valence electrons. The first-order valence-corrected chi connectivity index (χ1v) is 11.5. The standard InChI is InChI=1S/C24H32N4O3/c1-29-18-9-7-17(8-10-18)19-11-12-25-24(27-19)28-21-15-31-22-20(14-30-23(21)22)26-13-16-5-3-2-4-6-16/h7-12,16,20-23,26H,2-6,13-15H2,1H3,(H,25,27,28)/t20-,21-,22+,23+/m0/s1. The predicted molar refractivity (Wildman–Crippen MR) is 119 cm³/mol. The Labute approximate surface area is 183 Å². The van der Waals surface area contributed by atoms with Crippen molar-refractivity contribution < 1.29 is 14.2 Å². The van der Waals surface area contributed by atoms with Gasteiger partial charge in [-0.25, -0.2) is 9.97 Å². The summed E-state index contributed by atoms with van der Waals surface area (Å²) in [5.41, 5.74) is 1.89. The Bertz CT molecular complexity index is 856. The van der Waals surface area contributed by atoms with Crippen molar-refractivity contribution >= 4 is 5.95 Å². The van der Waals surface area contributed by atoms with E-state index >= 15 is 0 Å². The van der Waals surface area contributed by atoms with Crippen molar-refractivity contribution in [2.24, 2.45) is 5.92 Å². The van der Waals surface area contributed by atoms with Crippen LogP contribution in [0.3, 0.4) is 0 Å². The summed E-state index contributed by atoms with van der Waals surface area (Å²) in [7, 11) is 1.67. The fourth-order valence-corrected chi connectivity index (χ4v) is 5.02. The second kappa shape index (κ2) is 9.51. The van der Waals surface area contributed by atoms with Gasteiger partial charge in [-0.2, -0.15) is 0 Å². The van der Waals surface area contributed by atoms with Gasteiger partial charge in [-0.3, -0.25) is 0 Å². The average molecular weight is 425 g/mol. The summed E-state index contributed by atoms with van der Waals surface area (Å²) in [5, 5.41) is 7.17. The molecule has 2 saturated heterocycles. The summed E-state index contributed by atoms with van der Waals surface area (Å²) >= 11 is 0. The van der Waals surface area contributed by atoms with Crippen LogP contribution < -0.4 is 15.4 Å². The summed E-state index contributed by atoms with van der Waals surface area (Å²) in [6.45, 7) is 2.38. The maximum Gasteiger partial charge on any atom is 0.223 e. The van der Waals surface area contributed by atoms with E-state index in [1.807, 2.05) is 30.3 Å². The number of nitrogens with one attached hydrogen (secondary N) is 2. The van der Waals surface area contributed by atoms with Gasteiger partial charge < -0.3 is 24.8 Å². The molecule has 0 unspecified atom stereocenters. The molecule has 3 heterocycles. The van der Waals surface area contributed by atoms with Crippen molar-refractivity contribution in [3.05, 3.63) is 36.5 Å². The molecular weight excluding hydrogens is 392 g/mol. The molecule has 1 aliphatic carbocycles. The van der Waals surface area contributed by atoms with Crippen molar-refractivity contribution in [1.29, 1.82) is 0 Å². The lowest BCUT2D eigenvalue weighted by molar-refractivity contribution is 0.0671. The van der Waals surface area contributed by atoms with Gasteiger partial charge in [0.15, 0.2) is 0 Å². The third-order valence-corrected chi connectivity index (χ3v) is 6.80. The van der Waals surface area contributed by atoms with Crippen LogP contribution in [0.15, 0.2) is 36.5 Å². The van der Waals surface area contributed by atoms with Crippen LogP contribution in [0.5, 0.6) is 5.75 Å². The Kier molecular flexibility index (Phi) is 6.34. The first-order chi connectivity index (χ1) is 15.3. The minimum Gasteiger partial charge on any atom is -0.497 e. The van der Waals surface area contributed by atoms with Gasteiger partial charge in [-0.1, -0.05) is 19.3 Å². The van der Waals surface area contributed by atoms with E-state index in [0.717, 1.165) is 29.5 Å². The molecule has 3 aliphatic rings. The lowest BCUT2D eigenvalue weighted by atomic mass is 9.89. The molecule has 1 aromatic heterocycles. The topological polar surface area (TPSA) is 77.5 Å². The van der Waals surface area contributed by atoms with Gasteiger partial charge in [-0.15, -0.1) is 0 Å². The second-order valence-corrected chi connectivity index (χ2v) is 8.86. The van der Waals surface area contributed by atoms with Crippen LogP contribution >= 0.6 is 0 Å². The van der Waals surface area contributed by atoms with Gasteiger partial charge in [0.25, 0.3) is 0 Å². The normalized spacial score (nSPS) is 28.4. The number of fused-ring (bicyclic) bond motifs is 1. The summed E-state index contributed by atoms with van der Waals surface area (Å²) in [5.74, 6) is 2.23. The number of hydrogen-bond donors (Lipinski definition) is 2. The molecule has 31 heavy (non-hydrogen) atoms. The number of nitrogens with zero attached hydrogens (tertiary/aromatic N) is 2. The van der Waals surface area contributed by atoms with Crippen LogP contribution in [0.1, 0.15) is 32.1 Å². The number of rotatable bonds is 7. The molecule has 7 nitrogen and oxygen atoms in total. The average Bonchev–Trinajstić information content (AvgIpc) is 3.42. The maximum absolute atomic E-state index is 6.14. The molecule has 2 aliphatic heterocycles. The summed E-state index contributed by atoms with van der Waals surface area (Å²) in [4.78, 5) is 9.12. The Morgan fingerprint density at radius 2 is 1.71 bits per heavy atom. The van der Waals surface area contributed by atoms with Gasteiger partial charge in [0.1, 0.15) is 18.0 Å². The number of anilines is 1. The van der Waals surface area contributed by atoms with E-state index in [1.165, 1.54) is 32.1 Å². The first kappa shape index (κ1) is 20.7. The monoisotopic (exact) mass is 424 g/mol. The highest BCUT2D eigenvalue weighted by atomic mass is 16.6. The molecular formula is C24H32N4O3. The van der Waals surface area contributed by atoms with Crippen LogP contribution in [-0.2, 0) is 9.47 Å². The second-order valence-electron chi connectivity index (χ2n) is 8.86. The molecule has 1 saturated carbocycles. The predicted octanol–water partition coefficient (Wildman–Crippen LogP) is 3.27. The van der Waals surface area contributed by atoms with Gasteiger partial charge in [0.05, 0.1) is 38.1 Å². The zero-order valence-electron chi connectivity index (χ0n) is 18.1. The molecule has 1 aromatic carbocycles.